The van der Waals surface area contributed by atoms with Gasteiger partial charge in [-0.25, -0.2) is 4.98 Å². The molecule has 0 spiro atoms. The molecule has 0 aliphatic rings. The molecule has 0 fully saturated rings. The van der Waals surface area contributed by atoms with Crippen LogP contribution in [0.25, 0.3) is 11.6 Å². The van der Waals surface area contributed by atoms with E-state index in [4.69, 9.17) is 4.52 Å². The number of hydrogen-bond donors (Lipinski definition) is 1. The summed E-state index contributed by atoms with van der Waals surface area (Å²) in [5.74, 6) is 2.08. The summed E-state index contributed by atoms with van der Waals surface area (Å²) < 4.78 is 7.21. The van der Waals surface area contributed by atoms with Crippen molar-refractivity contribution >= 4 is 0 Å². The minimum absolute atomic E-state index is 0.182. The van der Waals surface area contributed by atoms with E-state index in [-0.39, 0.29) is 5.92 Å². The molecule has 2 aromatic heterocycles. The average Bonchev–Trinajstić information content (AvgIpc) is 2.98. The SMILES string of the molecule is CCC(NC)C(C)c1nc(-c2nccn2C)no1. The second kappa shape index (κ2) is 5.30. The monoisotopic (exact) mass is 249 g/mol. The van der Waals surface area contributed by atoms with Crippen molar-refractivity contribution in [3.63, 3.8) is 0 Å². The first kappa shape index (κ1) is 12.8. The van der Waals surface area contributed by atoms with Crippen molar-refractivity contribution in [2.24, 2.45) is 7.05 Å². The van der Waals surface area contributed by atoms with Crippen LogP contribution in [0.3, 0.4) is 0 Å². The average molecular weight is 249 g/mol. The van der Waals surface area contributed by atoms with Gasteiger partial charge in [-0.2, -0.15) is 4.98 Å². The van der Waals surface area contributed by atoms with Gasteiger partial charge >= 0.3 is 0 Å². The van der Waals surface area contributed by atoms with Crippen LogP contribution < -0.4 is 5.32 Å². The van der Waals surface area contributed by atoms with Crippen LogP contribution in [-0.2, 0) is 7.05 Å². The Balaban J connectivity index is 2.23. The molecule has 0 amide bonds. The smallest absolute Gasteiger partial charge is 0.238 e. The van der Waals surface area contributed by atoms with Crippen LogP contribution in [0.5, 0.6) is 0 Å². The summed E-state index contributed by atoms with van der Waals surface area (Å²) in [6, 6.07) is 0.333. The Morgan fingerprint density at radius 3 is 2.83 bits per heavy atom. The van der Waals surface area contributed by atoms with Crippen molar-refractivity contribution in [1.82, 2.24) is 25.0 Å². The lowest BCUT2D eigenvalue weighted by Crippen LogP contribution is -2.30. The second-order valence-corrected chi connectivity index (χ2v) is 4.41. The maximum atomic E-state index is 5.34. The molecule has 2 heterocycles. The largest absolute Gasteiger partial charge is 0.339 e. The highest BCUT2D eigenvalue weighted by atomic mass is 16.5. The van der Waals surface area contributed by atoms with Gasteiger partial charge in [0.2, 0.25) is 11.7 Å². The Hall–Kier alpha value is -1.69. The standard InChI is InChI=1S/C12H19N5O/c1-5-9(13-3)8(2)12-15-10(16-18-12)11-14-6-7-17(11)4/h6-9,13H,5H2,1-4H3. The summed E-state index contributed by atoms with van der Waals surface area (Å²) in [4.78, 5) is 8.64. The third kappa shape index (κ3) is 2.28. The van der Waals surface area contributed by atoms with Gasteiger partial charge in [0.15, 0.2) is 5.82 Å². The van der Waals surface area contributed by atoms with Gasteiger partial charge in [-0.1, -0.05) is 19.0 Å². The van der Waals surface area contributed by atoms with Gasteiger partial charge in [0.05, 0.1) is 5.92 Å². The minimum atomic E-state index is 0.182. The summed E-state index contributed by atoms with van der Waals surface area (Å²) in [6.45, 7) is 4.22. The molecule has 0 aliphatic carbocycles. The summed E-state index contributed by atoms with van der Waals surface area (Å²) in [7, 11) is 3.85. The molecule has 2 rings (SSSR count). The van der Waals surface area contributed by atoms with E-state index in [2.05, 4.69) is 34.3 Å². The fourth-order valence-electron chi connectivity index (χ4n) is 2.07. The van der Waals surface area contributed by atoms with Gasteiger partial charge in [0.25, 0.3) is 0 Å². The fourth-order valence-corrected chi connectivity index (χ4v) is 2.07. The van der Waals surface area contributed by atoms with Crippen LogP contribution in [0.2, 0.25) is 0 Å². The van der Waals surface area contributed by atoms with Crippen LogP contribution in [0.4, 0.5) is 0 Å². The van der Waals surface area contributed by atoms with Crippen LogP contribution in [0, 0.1) is 0 Å². The molecule has 2 unspecified atom stereocenters. The molecular formula is C12H19N5O. The van der Waals surface area contributed by atoms with Crippen LogP contribution in [0.1, 0.15) is 32.1 Å². The Bertz CT molecular complexity index is 500. The summed E-state index contributed by atoms with van der Waals surface area (Å²) in [6.07, 6.45) is 4.59. The van der Waals surface area contributed by atoms with Gasteiger partial charge < -0.3 is 14.4 Å². The lowest BCUT2D eigenvalue weighted by Gasteiger charge is -2.18. The molecule has 2 atom stereocenters. The number of hydrogen-bond acceptors (Lipinski definition) is 5. The van der Waals surface area contributed by atoms with Crippen molar-refractivity contribution in [2.45, 2.75) is 32.2 Å². The van der Waals surface area contributed by atoms with Crippen LogP contribution in [0.15, 0.2) is 16.9 Å². The molecule has 0 saturated heterocycles. The molecule has 98 valence electrons. The topological polar surface area (TPSA) is 68.8 Å². The van der Waals surface area contributed by atoms with E-state index < -0.39 is 0 Å². The predicted molar refractivity (Wildman–Crippen MR) is 68.1 cm³/mol. The van der Waals surface area contributed by atoms with Crippen molar-refractivity contribution in [1.29, 1.82) is 0 Å². The Kier molecular flexibility index (Phi) is 3.76. The van der Waals surface area contributed by atoms with Gasteiger partial charge in [-0.15, -0.1) is 0 Å². The predicted octanol–water partition coefficient (Wildman–Crippen LogP) is 1.57. The highest BCUT2D eigenvalue weighted by Gasteiger charge is 2.22. The van der Waals surface area contributed by atoms with Gasteiger partial charge in [0.1, 0.15) is 0 Å². The van der Waals surface area contributed by atoms with Crippen LogP contribution in [-0.4, -0.2) is 32.8 Å². The minimum Gasteiger partial charge on any atom is -0.339 e. The number of aryl methyl sites for hydroxylation is 1. The number of nitrogens with zero attached hydrogens (tertiary/aromatic N) is 4. The van der Waals surface area contributed by atoms with Gasteiger partial charge in [0, 0.05) is 25.5 Å². The highest BCUT2D eigenvalue weighted by molar-refractivity contribution is 5.42. The molecule has 0 aromatic carbocycles. The molecule has 18 heavy (non-hydrogen) atoms. The lowest BCUT2D eigenvalue weighted by molar-refractivity contribution is 0.326. The van der Waals surface area contributed by atoms with Crippen LogP contribution >= 0.6 is 0 Å². The molecule has 6 heteroatoms. The number of rotatable bonds is 5. The van der Waals surface area contributed by atoms with E-state index in [0.29, 0.717) is 17.8 Å². The summed E-state index contributed by atoms with van der Waals surface area (Å²) >= 11 is 0. The third-order valence-corrected chi connectivity index (χ3v) is 3.27. The third-order valence-electron chi connectivity index (χ3n) is 3.27. The lowest BCUT2D eigenvalue weighted by atomic mass is 10.00. The van der Waals surface area contributed by atoms with E-state index >= 15 is 0 Å². The molecule has 0 radical (unpaired) electrons. The molecular weight excluding hydrogens is 230 g/mol. The maximum Gasteiger partial charge on any atom is 0.238 e. The fraction of sp³-hybridized carbons (Fsp3) is 0.583. The van der Waals surface area contributed by atoms with E-state index in [1.165, 1.54) is 0 Å². The first-order valence-electron chi connectivity index (χ1n) is 6.16. The van der Waals surface area contributed by atoms with Crippen molar-refractivity contribution in [2.75, 3.05) is 7.05 Å². The van der Waals surface area contributed by atoms with Gasteiger partial charge in [-0.3, -0.25) is 0 Å². The van der Waals surface area contributed by atoms with E-state index in [9.17, 15) is 0 Å². The van der Waals surface area contributed by atoms with Crippen molar-refractivity contribution in [3.05, 3.63) is 18.3 Å². The normalized spacial score (nSPS) is 14.7. The van der Waals surface area contributed by atoms with Crippen molar-refractivity contribution in [3.8, 4) is 11.6 Å². The van der Waals surface area contributed by atoms with Gasteiger partial charge in [-0.05, 0) is 13.5 Å². The molecule has 2 aromatic rings. The Morgan fingerprint density at radius 2 is 2.28 bits per heavy atom. The van der Waals surface area contributed by atoms with Crippen molar-refractivity contribution < 1.29 is 4.52 Å². The number of likely N-dealkylation sites (N-methyl/N-ethyl adjacent to an activating group) is 1. The van der Waals surface area contributed by atoms with E-state index in [0.717, 1.165) is 12.2 Å². The summed E-state index contributed by atoms with van der Waals surface area (Å²) in [5.41, 5.74) is 0. The zero-order valence-electron chi connectivity index (χ0n) is 11.2. The van der Waals surface area contributed by atoms with E-state index in [1.807, 2.05) is 24.9 Å². The summed E-state index contributed by atoms with van der Waals surface area (Å²) in [5, 5.41) is 7.25. The number of imidazole rings is 1. The quantitative estimate of drug-likeness (QED) is 0.871. The molecule has 6 nitrogen and oxygen atoms in total. The Morgan fingerprint density at radius 1 is 1.50 bits per heavy atom. The zero-order chi connectivity index (χ0) is 13.1. The highest BCUT2D eigenvalue weighted by Crippen LogP contribution is 2.22. The number of nitrogens with one attached hydrogen (secondary N) is 1. The molecule has 0 aliphatic heterocycles. The first-order chi connectivity index (χ1) is 8.67. The molecule has 0 saturated carbocycles. The molecule has 1 N–H and O–H groups in total. The zero-order valence-corrected chi connectivity index (χ0v) is 11.2. The Labute approximate surface area is 106 Å². The molecule has 0 bridgehead atoms. The number of aromatic nitrogens is 4. The first-order valence-corrected chi connectivity index (χ1v) is 6.16. The maximum absolute atomic E-state index is 5.34. The second-order valence-electron chi connectivity index (χ2n) is 4.41. The van der Waals surface area contributed by atoms with E-state index in [1.54, 1.807) is 6.20 Å².